The van der Waals surface area contributed by atoms with E-state index in [0.717, 1.165) is 9.79 Å². The maximum atomic E-state index is 13.3. The maximum Gasteiger partial charge on any atom is 0.127 e. The van der Waals surface area contributed by atoms with Crippen molar-refractivity contribution < 1.29 is 4.39 Å². The first-order valence-corrected chi connectivity index (χ1v) is 5.56. The Bertz CT molecular complexity index is 451. The van der Waals surface area contributed by atoms with Gasteiger partial charge in [0.1, 0.15) is 5.82 Å². The Labute approximate surface area is 93.1 Å². The molecule has 0 amide bonds. The summed E-state index contributed by atoms with van der Waals surface area (Å²) in [6.07, 6.45) is 0. The van der Waals surface area contributed by atoms with E-state index in [1.165, 1.54) is 0 Å². The van der Waals surface area contributed by atoms with E-state index in [4.69, 9.17) is 0 Å². The van der Waals surface area contributed by atoms with Gasteiger partial charge in [0.05, 0.1) is 0 Å². The predicted octanol–water partition coefficient (Wildman–Crippen LogP) is 4.29. The second kappa shape index (κ2) is 4.49. The summed E-state index contributed by atoms with van der Waals surface area (Å²) in [4.78, 5) is 2.06. The Morgan fingerprint density at radius 3 is 2.33 bits per heavy atom. The van der Waals surface area contributed by atoms with Crippen LogP contribution >= 0.6 is 11.8 Å². The fourth-order valence-corrected chi connectivity index (χ4v) is 2.13. The van der Waals surface area contributed by atoms with Crippen LogP contribution in [-0.4, -0.2) is 0 Å². The molecule has 76 valence electrons. The van der Waals surface area contributed by atoms with Crippen molar-refractivity contribution in [3.05, 3.63) is 59.9 Å². The summed E-state index contributed by atoms with van der Waals surface area (Å²) in [5.74, 6) is -0.143. The average molecular weight is 218 g/mol. The Morgan fingerprint density at radius 1 is 0.933 bits per heavy atom. The zero-order valence-electron chi connectivity index (χ0n) is 8.41. The zero-order valence-corrected chi connectivity index (χ0v) is 9.22. The molecule has 0 atom stereocenters. The number of rotatable bonds is 2. The first-order valence-electron chi connectivity index (χ1n) is 4.75. The fourth-order valence-electron chi connectivity index (χ4n) is 1.26. The van der Waals surface area contributed by atoms with Crippen LogP contribution < -0.4 is 0 Å². The molecular weight excluding hydrogens is 207 g/mol. The van der Waals surface area contributed by atoms with E-state index in [0.29, 0.717) is 5.56 Å². The zero-order chi connectivity index (χ0) is 10.7. The van der Waals surface area contributed by atoms with Crippen molar-refractivity contribution in [1.29, 1.82) is 0 Å². The number of hydrogen-bond donors (Lipinski definition) is 0. The Balaban J connectivity index is 2.22. The first-order chi connectivity index (χ1) is 7.25. The van der Waals surface area contributed by atoms with Crippen LogP contribution in [-0.2, 0) is 0 Å². The lowest BCUT2D eigenvalue weighted by molar-refractivity contribution is 0.615. The minimum atomic E-state index is -0.143. The van der Waals surface area contributed by atoms with Gasteiger partial charge in [0.15, 0.2) is 0 Å². The van der Waals surface area contributed by atoms with Crippen LogP contribution in [0.1, 0.15) is 5.56 Å². The van der Waals surface area contributed by atoms with E-state index in [1.54, 1.807) is 30.8 Å². The lowest BCUT2D eigenvalue weighted by Gasteiger charge is -2.02. The van der Waals surface area contributed by atoms with Crippen molar-refractivity contribution in [1.82, 2.24) is 0 Å². The van der Waals surface area contributed by atoms with Crippen LogP contribution in [0.15, 0.2) is 58.3 Å². The molecule has 0 aliphatic heterocycles. The molecule has 0 spiro atoms. The van der Waals surface area contributed by atoms with Crippen LogP contribution in [0, 0.1) is 12.7 Å². The second-order valence-electron chi connectivity index (χ2n) is 3.33. The smallest absolute Gasteiger partial charge is 0.127 e. The predicted molar refractivity (Wildman–Crippen MR) is 61.7 cm³/mol. The monoisotopic (exact) mass is 218 g/mol. The summed E-state index contributed by atoms with van der Waals surface area (Å²) < 4.78 is 13.3. The lowest BCUT2D eigenvalue weighted by Crippen LogP contribution is -1.82. The standard InChI is InChI=1S/C13H11FS/c1-10-7-8-12(9-13(10)14)15-11-5-3-2-4-6-11/h2-9H,1H3. The van der Waals surface area contributed by atoms with E-state index in [-0.39, 0.29) is 5.82 Å². The van der Waals surface area contributed by atoms with E-state index in [2.05, 4.69) is 0 Å². The van der Waals surface area contributed by atoms with Crippen molar-refractivity contribution in [2.75, 3.05) is 0 Å². The molecule has 0 aliphatic rings. The summed E-state index contributed by atoms with van der Waals surface area (Å²) in [5, 5.41) is 0. The van der Waals surface area contributed by atoms with Crippen LogP contribution in [0.4, 0.5) is 4.39 Å². The molecule has 0 nitrogen and oxygen atoms in total. The first kappa shape index (κ1) is 10.2. The molecule has 0 saturated heterocycles. The number of benzene rings is 2. The van der Waals surface area contributed by atoms with Gasteiger partial charge < -0.3 is 0 Å². The van der Waals surface area contributed by atoms with Gasteiger partial charge in [0.2, 0.25) is 0 Å². The van der Waals surface area contributed by atoms with Crippen LogP contribution in [0.5, 0.6) is 0 Å². The summed E-state index contributed by atoms with van der Waals surface area (Å²) in [6, 6.07) is 15.3. The molecule has 2 aromatic carbocycles. The molecule has 0 saturated carbocycles. The average Bonchev–Trinajstić information content (AvgIpc) is 2.25. The highest BCUT2D eigenvalue weighted by Crippen LogP contribution is 2.28. The van der Waals surface area contributed by atoms with Crippen molar-refractivity contribution in [3.63, 3.8) is 0 Å². The molecule has 0 fully saturated rings. The highest BCUT2D eigenvalue weighted by Gasteiger charge is 2.00. The van der Waals surface area contributed by atoms with Crippen molar-refractivity contribution >= 4 is 11.8 Å². The molecular formula is C13H11FS. The molecule has 0 aliphatic carbocycles. The number of aryl methyl sites for hydroxylation is 1. The second-order valence-corrected chi connectivity index (χ2v) is 4.47. The molecule has 0 N–H and O–H groups in total. The van der Waals surface area contributed by atoms with Gasteiger partial charge in [-0.2, -0.15) is 0 Å². The highest BCUT2D eigenvalue weighted by molar-refractivity contribution is 7.99. The number of halogens is 1. The summed E-state index contributed by atoms with van der Waals surface area (Å²) in [5.41, 5.74) is 0.687. The molecule has 0 heterocycles. The molecule has 15 heavy (non-hydrogen) atoms. The summed E-state index contributed by atoms with van der Waals surface area (Å²) in [7, 11) is 0. The molecule has 0 bridgehead atoms. The van der Waals surface area contributed by atoms with E-state index in [9.17, 15) is 4.39 Å². The van der Waals surface area contributed by atoms with Crippen LogP contribution in [0.3, 0.4) is 0 Å². The summed E-state index contributed by atoms with van der Waals surface area (Å²) in [6.45, 7) is 1.77. The highest BCUT2D eigenvalue weighted by atomic mass is 32.2. The van der Waals surface area contributed by atoms with Gasteiger partial charge in [-0.05, 0) is 36.8 Å². The molecule has 2 rings (SSSR count). The van der Waals surface area contributed by atoms with Gasteiger partial charge in [-0.3, -0.25) is 0 Å². The maximum absolute atomic E-state index is 13.3. The van der Waals surface area contributed by atoms with Crippen molar-refractivity contribution in [2.24, 2.45) is 0 Å². The van der Waals surface area contributed by atoms with E-state index < -0.39 is 0 Å². The third kappa shape index (κ3) is 2.60. The minimum Gasteiger partial charge on any atom is -0.207 e. The van der Waals surface area contributed by atoms with Gasteiger partial charge in [-0.15, -0.1) is 0 Å². The van der Waals surface area contributed by atoms with Crippen LogP contribution in [0.2, 0.25) is 0 Å². The number of hydrogen-bond acceptors (Lipinski definition) is 1. The molecule has 0 unspecified atom stereocenters. The molecule has 2 heteroatoms. The summed E-state index contributed by atoms with van der Waals surface area (Å²) >= 11 is 1.57. The van der Waals surface area contributed by atoms with Gasteiger partial charge in [0.25, 0.3) is 0 Å². The fraction of sp³-hybridized carbons (Fsp3) is 0.0769. The van der Waals surface area contributed by atoms with Crippen LogP contribution in [0.25, 0.3) is 0 Å². The van der Waals surface area contributed by atoms with Gasteiger partial charge >= 0.3 is 0 Å². The Hall–Kier alpha value is -1.28. The lowest BCUT2D eigenvalue weighted by atomic mass is 10.2. The SMILES string of the molecule is Cc1ccc(Sc2ccccc2)cc1F. The third-order valence-electron chi connectivity index (χ3n) is 2.12. The van der Waals surface area contributed by atoms with Crippen molar-refractivity contribution in [3.8, 4) is 0 Å². The minimum absolute atomic E-state index is 0.143. The largest absolute Gasteiger partial charge is 0.207 e. The van der Waals surface area contributed by atoms with E-state index >= 15 is 0 Å². The normalized spacial score (nSPS) is 10.3. The topological polar surface area (TPSA) is 0 Å². The molecule has 0 radical (unpaired) electrons. The van der Waals surface area contributed by atoms with E-state index in [1.807, 2.05) is 36.4 Å². The molecule has 2 aromatic rings. The Morgan fingerprint density at radius 2 is 1.67 bits per heavy atom. The van der Waals surface area contributed by atoms with Crippen molar-refractivity contribution in [2.45, 2.75) is 16.7 Å². The van der Waals surface area contributed by atoms with Gasteiger partial charge in [-0.25, -0.2) is 4.39 Å². The third-order valence-corrected chi connectivity index (χ3v) is 3.12. The quantitative estimate of drug-likeness (QED) is 0.724. The van der Waals surface area contributed by atoms with Gasteiger partial charge in [0, 0.05) is 9.79 Å². The van der Waals surface area contributed by atoms with Gasteiger partial charge in [-0.1, -0.05) is 36.0 Å². The molecule has 0 aromatic heterocycles. The Kier molecular flexibility index (Phi) is 3.07.